The number of rotatable bonds is 3. The van der Waals surface area contributed by atoms with Gasteiger partial charge < -0.3 is 15.5 Å². The Bertz CT molecular complexity index is 776. The molecule has 2 aromatic rings. The van der Waals surface area contributed by atoms with E-state index in [0.29, 0.717) is 11.6 Å². The van der Waals surface area contributed by atoms with Gasteiger partial charge in [0.15, 0.2) is 0 Å². The predicted octanol–water partition coefficient (Wildman–Crippen LogP) is 2.62. The molecule has 132 valence electrons. The molecule has 8 heteroatoms. The van der Waals surface area contributed by atoms with Gasteiger partial charge >= 0.3 is 6.03 Å². The Morgan fingerprint density at radius 3 is 2.84 bits per heavy atom. The molecule has 1 fully saturated rings. The summed E-state index contributed by atoms with van der Waals surface area (Å²) in [6.45, 7) is 3.29. The number of piperidine rings is 1. The van der Waals surface area contributed by atoms with Gasteiger partial charge in [0.25, 0.3) is 5.91 Å². The van der Waals surface area contributed by atoms with Crippen molar-refractivity contribution >= 4 is 29.0 Å². The molecule has 3 rings (SSSR count). The highest BCUT2D eigenvalue weighted by atomic mass is 32.1. The number of nitrogens with one attached hydrogen (secondary N) is 2. The standard InChI is InChI=1S/C17H21N5O2S/c1-11-6-3-4-8-13(11)19-14(23)16-21-20-15(25-16)12-7-5-9-22(10-12)17(24)18-2/h3-4,6,8,12H,5,7,9-10H2,1-2H3,(H,18,24)(H,19,23)/t12-/m0/s1. The van der Waals surface area contributed by atoms with Crippen molar-refractivity contribution in [2.24, 2.45) is 0 Å². The van der Waals surface area contributed by atoms with E-state index in [-0.39, 0.29) is 17.9 Å². The summed E-state index contributed by atoms with van der Waals surface area (Å²) in [5, 5.41) is 14.9. The van der Waals surface area contributed by atoms with Gasteiger partial charge in [0, 0.05) is 31.7 Å². The minimum Gasteiger partial charge on any atom is -0.341 e. The van der Waals surface area contributed by atoms with E-state index in [1.807, 2.05) is 31.2 Å². The van der Waals surface area contributed by atoms with Gasteiger partial charge in [-0.1, -0.05) is 29.5 Å². The maximum Gasteiger partial charge on any atom is 0.317 e. The Hall–Kier alpha value is -2.48. The molecular weight excluding hydrogens is 338 g/mol. The highest BCUT2D eigenvalue weighted by Crippen LogP contribution is 2.29. The third-order valence-electron chi connectivity index (χ3n) is 4.30. The van der Waals surface area contributed by atoms with Crippen LogP contribution >= 0.6 is 11.3 Å². The van der Waals surface area contributed by atoms with Crippen LogP contribution in [0.15, 0.2) is 24.3 Å². The molecule has 0 spiro atoms. The first-order valence-electron chi connectivity index (χ1n) is 8.25. The number of benzene rings is 1. The molecule has 7 nitrogen and oxygen atoms in total. The second-order valence-electron chi connectivity index (χ2n) is 6.05. The molecule has 0 radical (unpaired) electrons. The Morgan fingerprint density at radius 1 is 1.28 bits per heavy atom. The Balaban J connectivity index is 1.68. The first-order chi connectivity index (χ1) is 12.1. The molecule has 1 aliphatic rings. The van der Waals surface area contributed by atoms with E-state index in [0.717, 1.165) is 35.6 Å². The van der Waals surface area contributed by atoms with E-state index >= 15 is 0 Å². The number of urea groups is 1. The second-order valence-corrected chi connectivity index (χ2v) is 7.06. The summed E-state index contributed by atoms with van der Waals surface area (Å²) in [7, 11) is 1.63. The zero-order valence-corrected chi connectivity index (χ0v) is 15.1. The lowest BCUT2D eigenvalue weighted by Gasteiger charge is -2.31. The van der Waals surface area contributed by atoms with E-state index in [2.05, 4.69) is 20.8 Å². The topological polar surface area (TPSA) is 87.2 Å². The lowest BCUT2D eigenvalue weighted by atomic mass is 9.99. The number of carbonyl (C=O) groups excluding carboxylic acids is 2. The predicted molar refractivity (Wildman–Crippen MR) is 97.0 cm³/mol. The zero-order chi connectivity index (χ0) is 17.8. The lowest BCUT2D eigenvalue weighted by molar-refractivity contribution is 0.102. The molecule has 0 aliphatic carbocycles. The van der Waals surface area contributed by atoms with Gasteiger partial charge in [0.05, 0.1) is 0 Å². The van der Waals surface area contributed by atoms with Crippen LogP contribution in [0.5, 0.6) is 0 Å². The number of hydrogen-bond acceptors (Lipinski definition) is 5. The summed E-state index contributed by atoms with van der Waals surface area (Å²) in [5.74, 6) is -0.124. The molecule has 2 heterocycles. The number of hydrogen-bond donors (Lipinski definition) is 2. The van der Waals surface area contributed by atoms with Gasteiger partial charge in [-0.2, -0.15) is 0 Å². The van der Waals surface area contributed by atoms with Crippen molar-refractivity contribution in [1.29, 1.82) is 0 Å². The summed E-state index contributed by atoms with van der Waals surface area (Å²) in [4.78, 5) is 26.0. The number of aromatic nitrogens is 2. The van der Waals surface area contributed by atoms with Crippen LogP contribution in [-0.2, 0) is 0 Å². The van der Waals surface area contributed by atoms with Crippen molar-refractivity contribution in [1.82, 2.24) is 20.4 Å². The van der Waals surface area contributed by atoms with Crippen LogP contribution < -0.4 is 10.6 Å². The van der Waals surface area contributed by atoms with Crippen LogP contribution in [0.3, 0.4) is 0 Å². The quantitative estimate of drug-likeness (QED) is 0.882. The van der Waals surface area contributed by atoms with Crippen molar-refractivity contribution in [2.45, 2.75) is 25.7 Å². The molecule has 1 aliphatic heterocycles. The Labute approximate surface area is 150 Å². The van der Waals surface area contributed by atoms with Crippen molar-refractivity contribution in [3.63, 3.8) is 0 Å². The third-order valence-corrected chi connectivity index (χ3v) is 5.38. The fourth-order valence-corrected chi connectivity index (χ4v) is 3.77. The number of nitrogens with zero attached hydrogens (tertiary/aromatic N) is 3. The molecule has 3 amide bonds. The number of aryl methyl sites for hydroxylation is 1. The zero-order valence-electron chi connectivity index (χ0n) is 14.3. The average molecular weight is 359 g/mol. The second kappa shape index (κ2) is 7.60. The number of likely N-dealkylation sites (tertiary alicyclic amines) is 1. The van der Waals surface area contributed by atoms with Crippen molar-refractivity contribution in [3.8, 4) is 0 Å². The molecule has 0 bridgehead atoms. The molecule has 0 saturated carbocycles. The monoisotopic (exact) mass is 359 g/mol. The number of para-hydroxylation sites is 1. The molecule has 1 atom stereocenters. The first kappa shape index (κ1) is 17.3. The molecule has 0 unspecified atom stereocenters. The molecular formula is C17H21N5O2S. The normalized spacial score (nSPS) is 17.2. The third kappa shape index (κ3) is 3.96. The average Bonchev–Trinajstić information content (AvgIpc) is 3.13. The lowest BCUT2D eigenvalue weighted by Crippen LogP contribution is -2.43. The molecule has 1 aromatic heterocycles. The van der Waals surface area contributed by atoms with Crippen molar-refractivity contribution in [2.75, 3.05) is 25.5 Å². The Kier molecular flexibility index (Phi) is 5.28. The summed E-state index contributed by atoms with van der Waals surface area (Å²) >= 11 is 1.30. The van der Waals surface area contributed by atoms with Crippen LogP contribution in [0, 0.1) is 6.92 Å². The van der Waals surface area contributed by atoms with E-state index in [4.69, 9.17) is 0 Å². The number of anilines is 1. The summed E-state index contributed by atoms with van der Waals surface area (Å²) in [5.41, 5.74) is 1.77. The van der Waals surface area contributed by atoms with Crippen LogP contribution in [0.1, 0.15) is 39.1 Å². The maximum absolute atomic E-state index is 12.4. The van der Waals surface area contributed by atoms with Crippen molar-refractivity contribution < 1.29 is 9.59 Å². The number of carbonyl (C=O) groups is 2. The van der Waals surface area contributed by atoms with Gasteiger partial charge in [-0.3, -0.25) is 4.79 Å². The summed E-state index contributed by atoms with van der Waals surface area (Å²) < 4.78 is 0. The van der Waals surface area contributed by atoms with Crippen molar-refractivity contribution in [3.05, 3.63) is 39.8 Å². The van der Waals surface area contributed by atoms with Gasteiger partial charge in [-0.15, -0.1) is 10.2 Å². The summed E-state index contributed by atoms with van der Waals surface area (Å²) in [6.07, 6.45) is 1.87. The fraction of sp³-hybridized carbons (Fsp3) is 0.412. The minimum atomic E-state index is -0.253. The van der Waals surface area contributed by atoms with Crippen LogP contribution in [0.4, 0.5) is 10.5 Å². The van der Waals surface area contributed by atoms with Crippen LogP contribution in [0.2, 0.25) is 0 Å². The van der Waals surface area contributed by atoms with Gasteiger partial charge in [-0.05, 0) is 31.4 Å². The first-order valence-corrected chi connectivity index (χ1v) is 9.07. The van der Waals surface area contributed by atoms with E-state index in [1.54, 1.807) is 11.9 Å². The van der Waals surface area contributed by atoms with Gasteiger partial charge in [-0.25, -0.2) is 4.79 Å². The maximum atomic E-state index is 12.4. The van der Waals surface area contributed by atoms with Gasteiger partial charge in [0.2, 0.25) is 5.01 Å². The minimum absolute atomic E-state index is 0.0771. The Morgan fingerprint density at radius 2 is 2.08 bits per heavy atom. The summed E-state index contributed by atoms with van der Waals surface area (Å²) in [6, 6.07) is 7.53. The number of amides is 3. The van der Waals surface area contributed by atoms with E-state index in [9.17, 15) is 9.59 Å². The molecule has 25 heavy (non-hydrogen) atoms. The molecule has 2 N–H and O–H groups in total. The highest BCUT2D eigenvalue weighted by molar-refractivity contribution is 7.13. The van der Waals surface area contributed by atoms with Gasteiger partial charge in [0.1, 0.15) is 5.01 Å². The van der Waals surface area contributed by atoms with Crippen LogP contribution in [0.25, 0.3) is 0 Å². The fourth-order valence-electron chi connectivity index (χ4n) is 2.90. The highest BCUT2D eigenvalue weighted by Gasteiger charge is 2.27. The largest absolute Gasteiger partial charge is 0.341 e. The smallest absolute Gasteiger partial charge is 0.317 e. The van der Waals surface area contributed by atoms with Crippen LogP contribution in [-0.4, -0.2) is 47.2 Å². The SMILES string of the molecule is CNC(=O)N1CCC[C@H](c2nnc(C(=O)Nc3ccccc3C)s2)C1. The molecule has 1 aromatic carbocycles. The molecule has 1 saturated heterocycles. The van der Waals surface area contributed by atoms with E-state index in [1.165, 1.54) is 11.3 Å². The van der Waals surface area contributed by atoms with E-state index < -0.39 is 0 Å².